The minimum absolute atomic E-state index is 0.191. The number of aromatic nitrogens is 1. The van der Waals surface area contributed by atoms with Gasteiger partial charge in [-0.2, -0.15) is 0 Å². The fraction of sp³-hybridized carbons (Fsp3) is 0.421. The van der Waals surface area contributed by atoms with E-state index in [9.17, 15) is 24.5 Å². The minimum atomic E-state index is -1.90. The van der Waals surface area contributed by atoms with Gasteiger partial charge in [0.2, 0.25) is 12.0 Å². The molecule has 9 nitrogen and oxygen atoms in total. The summed E-state index contributed by atoms with van der Waals surface area (Å²) >= 11 is 0. The molecule has 2 atom stereocenters. The lowest BCUT2D eigenvalue weighted by Crippen LogP contribution is -2.52. The molecule has 1 aromatic carbocycles. The average molecular weight is 388 g/mol. The maximum atomic E-state index is 12.8. The lowest BCUT2D eigenvalue weighted by atomic mass is 9.63. The number of nitrogens with one attached hydrogen (secondary N) is 1. The molecule has 0 radical (unpaired) electrons. The maximum absolute atomic E-state index is 12.8. The lowest BCUT2D eigenvalue weighted by Gasteiger charge is -2.38. The fourth-order valence-electron chi connectivity index (χ4n) is 4.27. The third-order valence-corrected chi connectivity index (χ3v) is 5.49. The van der Waals surface area contributed by atoms with Crippen molar-refractivity contribution in [3.8, 4) is 0 Å². The molecule has 0 saturated heterocycles. The summed E-state index contributed by atoms with van der Waals surface area (Å²) in [7, 11) is 2.28. The minimum Gasteiger partial charge on any atom is -0.468 e. The molecule has 2 aromatic rings. The summed E-state index contributed by atoms with van der Waals surface area (Å²) in [5.41, 5.74) is -0.699. The number of aromatic amines is 1. The highest BCUT2D eigenvalue weighted by molar-refractivity contribution is 6.09. The Bertz CT molecular complexity index is 962. The Balaban J connectivity index is 2.42. The van der Waals surface area contributed by atoms with Gasteiger partial charge in [0, 0.05) is 27.4 Å². The molecular weight excluding hydrogens is 368 g/mol. The van der Waals surface area contributed by atoms with Gasteiger partial charge in [-0.1, -0.05) is 18.2 Å². The van der Waals surface area contributed by atoms with Gasteiger partial charge in [0.05, 0.1) is 20.1 Å². The number of carbonyl (C=O) groups is 3. The number of nitro groups is 1. The van der Waals surface area contributed by atoms with Crippen molar-refractivity contribution in [3.05, 3.63) is 45.6 Å². The SMILES string of the molecule is COC(=O)C1(C(=O)OC)CC(C(C)=O)C(C[N+](=O)[O-])c2c1[nH]c1ccccc21. The number of ketones is 1. The summed E-state index contributed by atoms with van der Waals surface area (Å²) in [5.74, 6) is -3.81. The van der Waals surface area contributed by atoms with Gasteiger partial charge >= 0.3 is 11.9 Å². The van der Waals surface area contributed by atoms with Crippen molar-refractivity contribution in [2.24, 2.45) is 5.92 Å². The van der Waals surface area contributed by atoms with Crippen LogP contribution in [0.5, 0.6) is 0 Å². The van der Waals surface area contributed by atoms with Crippen LogP contribution in [0.2, 0.25) is 0 Å². The summed E-state index contributed by atoms with van der Waals surface area (Å²) in [6.45, 7) is 0.800. The lowest BCUT2D eigenvalue weighted by molar-refractivity contribution is -0.484. The van der Waals surface area contributed by atoms with Crippen molar-refractivity contribution in [2.75, 3.05) is 20.8 Å². The topological polar surface area (TPSA) is 129 Å². The number of hydrogen-bond donors (Lipinski definition) is 1. The predicted octanol–water partition coefficient (Wildman–Crippen LogP) is 1.72. The van der Waals surface area contributed by atoms with E-state index in [4.69, 9.17) is 9.47 Å². The largest absolute Gasteiger partial charge is 0.468 e. The molecule has 2 unspecified atom stereocenters. The Kier molecular flexibility index (Phi) is 4.93. The molecular formula is C19H20N2O7. The van der Waals surface area contributed by atoms with Gasteiger partial charge in [-0.05, 0) is 25.0 Å². The summed E-state index contributed by atoms with van der Waals surface area (Å²) in [4.78, 5) is 52.0. The van der Waals surface area contributed by atoms with E-state index < -0.39 is 40.7 Å². The van der Waals surface area contributed by atoms with Gasteiger partial charge < -0.3 is 14.5 Å². The van der Waals surface area contributed by atoms with Gasteiger partial charge in [0.25, 0.3) is 0 Å². The molecule has 1 aliphatic carbocycles. The van der Waals surface area contributed by atoms with Crippen molar-refractivity contribution in [1.29, 1.82) is 0 Å². The van der Waals surface area contributed by atoms with Crippen LogP contribution in [0.25, 0.3) is 10.9 Å². The van der Waals surface area contributed by atoms with Crippen molar-refractivity contribution in [1.82, 2.24) is 4.98 Å². The van der Waals surface area contributed by atoms with E-state index in [1.54, 1.807) is 24.3 Å². The highest BCUT2D eigenvalue weighted by Crippen LogP contribution is 2.50. The second kappa shape index (κ2) is 7.06. The molecule has 1 aromatic heterocycles. The summed E-state index contributed by atoms with van der Waals surface area (Å²) < 4.78 is 9.82. The molecule has 3 rings (SSSR count). The number of H-pyrrole nitrogens is 1. The van der Waals surface area contributed by atoms with Crippen LogP contribution in [0.1, 0.15) is 30.5 Å². The van der Waals surface area contributed by atoms with E-state index in [2.05, 4.69) is 4.98 Å². The number of carbonyl (C=O) groups excluding carboxylic acids is 3. The van der Waals surface area contributed by atoms with Crippen molar-refractivity contribution < 1.29 is 28.8 Å². The number of hydrogen-bond acceptors (Lipinski definition) is 7. The first-order valence-electron chi connectivity index (χ1n) is 8.68. The zero-order chi connectivity index (χ0) is 20.6. The summed E-state index contributed by atoms with van der Waals surface area (Å²) in [6, 6.07) is 6.97. The van der Waals surface area contributed by atoms with Gasteiger partial charge in [0.1, 0.15) is 5.78 Å². The number of nitrogens with zero attached hydrogens (tertiary/aromatic N) is 1. The molecule has 0 bridgehead atoms. The van der Waals surface area contributed by atoms with Crippen LogP contribution < -0.4 is 0 Å². The maximum Gasteiger partial charge on any atom is 0.329 e. The predicted molar refractivity (Wildman–Crippen MR) is 97.4 cm³/mol. The number of rotatable bonds is 5. The van der Waals surface area contributed by atoms with E-state index in [-0.39, 0.29) is 17.9 Å². The molecule has 9 heteroatoms. The average Bonchev–Trinajstić information content (AvgIpc) is 3.06. The number of esters is 2. The van der Waals surface area contributed by atoms with E-state index in [1.165, 1.54) is 6.92 Å². The smallest absolute Gasteiger partial charge is 0.329 e. The van der Waals surface area contributed by atoms with Gasteiger partial charge in [-0.3, -0.25) is 24.5 Å². The zero-order valence-electron chi connectivity index (χ0n) is 15.7. The first kappa shape index (κ1) is 19.5. The van der Waals surface area contributed by atoms with Crippen LogP contribution in [-0.4, -0.2) is 48.4 Å². The monoisotopic (exact) mass is 388 g/mol. The third-order valence-electron chi connectivity index (χ3n) is 5.49. The van der Waals surface area contributed by atoms with E-state index in [0.29, 0.717) is 16.5 Å². The molecule has 1 aliphatic rings. The molecule has 0 fully saturated rings. The molecule has 1 heterocycles. The van der Waals surface area contributed by atoms with Crippen LogP contribution in [0, 0.1) is 16.0 Å². The Hall–Kier alpha value is -3.23. The third kappa shape index (κ3) is 2.74. The van der Waals surface area contributed by atoms with Crippen LogP contribution in [0.4, 0.5) is 0 Å². The molecule has 0 saturated carbocycles. The summed E-state index contributed by atoms with van der Waals surface area (Å²) in [6.07, 6.45) is -0.264. The second-order valence-electron chi connectivity index (χ2n) is 6.89. The van der Waals surface area contributed by atoms with E-state index >= 15 is 0 Å². The van der Waals surface area contributed by atoms with Crippen LogP contribution >= 0.6 is 0 Å². The first-order valence-corrected chi connectivity index (χ1v) is 8.68. The Morgan fingerprint density at radius 2 is 1.82 bits per heavy atom. The van der Waals surface area contributed by atoms with Crippen LogP contribution in [0.15, 0.2) is 24.3 Å². The van der Waals surface area contributed by atoms with Gasteiger partial charge in [0.15, 0.2) is 0 Å². The standard InChI is InChI=1S/C19H20N2O7/c1-10(22)12-8-19(17(23)27-2,18(24)28-3)16-15(13(12)9-21(25)26)11-6-4-5-7-14(11)20-16/h4-7,12-13,20H,8-9H2,1-3H3. The number of methoxy groups -OCH3 is 2. The second-order valence-corrected chi connectivity index (χ2v) is 6.89. The van der Waals surface area contributed by atoms with Crippen molar-refractivity contribution >= 4 is 28.6 Å². The summed E-state index contributed by atoms with van der Waals surface area (Å²) in [5, 5.41) is 12.0. The van der Waals surface area contributed by atoms with Crippen LogP contribution in [0.3, 0.4) is 0 Å². The number of benzene rings is 1. The number of para-hydroxylation sites is 1. The van der Waals surface area contributed by atoms with Crippen molar-refractivity contribution in [2.45, 2.75) is 24.7 Å². The normalized spacial score (nSPS) is 20.2. The molecule has 0 aliphatic heterocycles. The fourth-order valence-corrected chi connectivity index (χ4v) is 4.27. The zero-order valence-corrected chi connectivity index (χ0v) is 15.7. The highest BCUT2D eigenvalue weighted by atomic mass is 16.6. The van der Waals surface area contributed by atoms with Gasteiger partial charge in [-0.25, -0.2) is 0 Å². The molecule has 28 heavy (non-hydrogen) atoms. The Labute approximate surface area is 160 Å². The number of ether oxygens (including phenoxy) is 2. The van der Waals surface area contributed by atoms with Gasteiger partial charge in [-0.15, -0.1) is 0 Å². The quantitative estimate of drug-likeness (QED) is 0.357. The number of fused-ring (bicyclic) bond motifs is 3. The molecule has 148 valence electrons. The van der Waals surface area contributed by atoms with E-state index in [1.807, 2.05) is 0 Å². The highest BCUT2D eigenvalue weighted by Gasteiger charge is 2.60. The van der Waals surface area contributed by atoms with Crippen LogP contribution in [-0.2, 0) is 29.3 Å². The van der Waals surface area contributed by atoms with Crippen molar-refractivity contribution in [3.63, 3.8) is 0 Å². The first-order chi connectivity index (χ1) is 13.3. The Morgan fingerprint density at radius 3 is 2.36 bits per heavy atom. The molecule has 0 amide bonds. The van der Waals surface area contributed by atoms with E-state index in [0.717, 1.165) is 14.2 Å². The Morgan fingerprint density at radius 1 is 1.21 bits per heavy atom. The molecule has 0 spiro atoms. The number of Topliss-reactive ketones (excluding diaryl/α,β-unsaturated/α-hetero) is 1. The molecule has 1 N–H and O–H groups in total.